The molecule has 9 heavy (non-hydrogen) atoms. The van der Waals surface area contributed by atoms with E-state index in [1.54, 1.807) is 22.6 Å². The first-order valence-electron chi connectivity index (χ1n) is 3.01. The minimum atomic E-state index is -0.792. The van der Waals surface area contributed by atoms with Gasteiger partial charge in [0.15, 0.2) is 5.82 Å². The summed E-state index contributed by atoms with van der Waals surface area (Å²) in [5.74, 6) is -0.792. The molecule has 0 N–H and O–H groups in total. The maximum atomic E-state index is 12.7. The number of aromatic nitrogens is 1. The second kappa shape index (κ2) is 2.79. The highest BCUT2D eigenvalue weighted by molar-refractivity contribution is 14.1. The third-order valence-corrected chi connectivity index (χ3v) is 1.58. The number of halogens is 3. The minimum absolute atomic E-state index is 0.0348. The van der Waals surface area contributed by atoms with E-state index < -0.39 is 12.0 Å². The molecule has 1 aromatic rings. The van der Waals surface area contributed by atoms with Gasteiger partial charge in [0.2, 0.25) is 0 Å². The van der Waals surface area contributed by atoms with Gasteiger partial charge in [-0.1, -0.05) is 11.6 Å². The molecule has 0 bridgehead atoms. The molecule has 4 heteroatoms. The molecule has 0 aliphatic heterocycles. The van der Waals surface area contributed by atoms with E-state index in [1.165, 1.54) is 0 Å². The topological polar surface area (TPSA) is 12.9 Å². The molecular weight excluding hydrogens is 255 g/mol. The summed E-state index contributed by atoms with van der Waals surface area (Å²) in [7, 11) is 0. The number of hydrogen-bond acceptors (Lipinski definition) is 1. The van der Waals surface area contributed by atoms with E-state index in [0.29, 0.717) is 0 Å². The smallest absolute Gasteiger partial charge is 0.154 e. The summed E-state index contributed by atoms with van der Waals surface area (Å²) in [6.07, 6.45) is -0.518. The molecule has 0 radical (unpaired) electrons. The van der Waals surface area contributed by atoms with Crippen molar-refractivity contribution in [1.82, 2.24) is 4.98 Å². The highest BCUT2D eigenvalue weighted by Crippen LogP contribution is 2.12. The van der Waals surface area contributed by atoms with E-state index in [9.17, 15) is 4.39 Å². The zero-order valence-corrected chi connectivity index (χ0v) is 6.99. The van der Waals surface area contributed by atoms with Crippen LogP contribution in [-0.2, 0) is 0 Å². The lowest BCUT2D eigenvalue weighted by Gasteiger charge is -1.91. The van der Waals surface area contributed by atoms with Crippen LogP contribution in [0.4, 0.5) is 4.39 Å². The molecule has 0 saturated carbocycles. The predicted octanol–water partition coefficient (Wildman–Crippen LogP) is 2.48. The molecule has 0 atom stereocenters. The fraction of sp³-hybridized carbons (Fsp3) is 0. The van der Waals surface area contributed by atoms with Gasteiger partial charge in [0.05, 0.1) is 12.5 Å². The lowest BCUT2D eigenvalue weighted by molar-refractivity contribution is 0.614. The summed E-state index contributed by atoms with van der Waals surface area (Å²) in [6, 6.07) is -0.166. The third-order valence-electron chi connectivity index (χ3n) is 0.658. The van der Waals surface area contributed by atoms with E-state index in [0.717, 1.165) is 0 Å². The molecule has 0 saturated heterocycles. The van der Waals surface area contributed by atoms with E-state index in [1.807, 2.05) is 0 Å². The Labute approximate surface area is 73.2 Å². The van der Waals surface area contributed by atoms with Crippen LogP contribution in [0.2, 0.25) is 5.15 Å². The van der Waals surface area contributed by atoms with Crippen molar-refractivity contribution in [3.63, 3.8) is 0 Å². The van der Waals surface area contributed by atoms with Gasteiger partial charge in [-0.3, -0.25) is 0 Å². The Morgan fingerprint density at radius 2 is 2.56 bits per heavy atom. The van der Waals surface area contributed by atoms with Crippen molar-refractivity contribution in [2.45, 2.75) is 0 Å². The van der Waals surface area contributed by atoms with Crippen molar-refractivity contribution in [2.75, 3.05) is 0 Å². The Bertz CT molecular complexity index is 281. The van der Waals surface area contributed by atoms with Crippen molar-refractivity contribution >= 4 is 34.2 Å². The Morgan fingerprint density at radius 1 is 1.89 bits per heavy atom. The fourth-order valence-electron chi connectivity index (χ4n) is 0.321. The summed E-state index contributed by atoms with van der Waals surface area (Å²) < 4.78 is 26.9. The van der Waals surface area contributed by atoms with Crippen LogP contribution in [0.25, 0.3) is 0 Å². The van der Waals surface area contributed by atoms with Gasteiger partial charge in [-0.05, 0) is 28.6 Å². The second-order valence-corrected chi connectivity index (χ2v) is 2.70. The van der Waals surface area contributed by atoms with Gasteiger partial charge in [-0.25, -0.2) is 9.37 Å². The number of rotatable bonds is 0. The highest BCUT2D eigenvalue weighted by atomic mass is 127. The molecule has 0 aliphatic rings. The number of hydrogen-bond donors (Lipinski definition) is 0. The summed E-state index contributed by atoms with van der Waals surface area (Å²) in [5, 5.41) is -0.138. The van der Waals surface area contributed by atoms with Gasteiger partial charge in [0.25, 0.3) is 0 Å². The Balaban J connectivity index is 3.46. The lowest BCUT2D eigenvalue weighted by Crippen LogP contribution is -1.82. The van der Waals surface area contributed by atoms with Crippen LogP contribution in [0.3, 0.4) is 0 Å². The molecule has 0 unspecified atom stereocenters. The van der Waals surface area contributed by atoms with Crippen LogP contribution in [0.5, 0.6) is 0 Å². The first-order chi connectivity index (χ1) is 5.04. The molecule has 0 spiro atoms. The average Bonchev–Trinajstić information content (AvgIpc) is 1.97. The quantitative estimate of drug-likeness (QED) is 0.515. The van der Waals surface area contributed by atoms with Crippen molar-refractivity contribution in [3.8, 4) is 0 Å². The predicted molar refractivity (Wildman–Crippen MR) is 41.9 cm³/mol. The molecule has 0 amide bonds. The van der Waals surface area contributed by atoms with E-state index in [4.69, 9.17) is 14.3 Å². The van der Waals surface area contributed by atoms with Crippen LogP contribution < -0.4 is 0 Å². The SMILES string of the molecule is [2H]c1nc(Cl)c([2H])c(I)c1F. The van der Waals surface area contributed by atoms with Crippen molar-refractivity contribution in [1.29, 1.82) is 0 Å². The molecule has 1 heterocycles. The van der Waals surface area contributed by atoms with Crippen LogP contribution in [0.15, 0.2) is 12.2 Å². The summed E-state index contributed by atoms with van der Waals surface area (Å²) in [4.78, 5) is 3.30. The maximum absolute atomic E-state index is 12.7. The monoisotopic (exact) mass is 259 g/mol. The second-order valence-electron chi connectivity index (χ2n) is 1.27. The molecule has 0 aromatic carbocycles. The van der Waals surface area contributed by atoms with Gasteiger partial charge >= 0.3 is 0 Å². The fourth-order valence-corrected chi connectivity index (χ4v) is 0.993. The lowest BCUT2D eigenvalue weighted by atomic mass is 10.5. The molecular formula is C5H2ClFIN. The van der Waals surface area contributed by atoms with Gasteiger partial charge in [-0.2, -0.15) is 0 Å². The molecule has 1 nitrogen and oxygen atoms in total. The summed E-state index contributed by atoms with van der Waals surface area (Å²) >= 11 is 7.01. The highest BCUT2D eigenvalue weighted by Gasteiger charge is 1.97. The van der Waals surface area contributed by atoms with Crippen LogP contribution in [0, 0.1) is 9.39 Å². The first-order valence-corrected chi connectivity index (χ1v) is 3.47. The zero-order chi connectivity index (χ0) is 8.59. The van der Waals surface area contributed by atoms with Crippen LogP contribution >= 0.6 is 34.2 Å². The standard InChI is InChI=1S/C5H2ClFIN/c6-5-1-4(8)3(7)2-9-5/h1-2H/i1D,2D. The summed E-state index contributed by atoms with van der Waals surface area (Å²) in [6.45, 7) is 0. The van der Waals surface area contributed by atoms with Gasteiger partial charge in [0.1, 0.15) is 5.15 Å². The molecule has 0 fully saturated rings. The largest absolute Gasteiger partial charge is 0.241 e. The molecule has 1 aromatic heterocycles. The number of nitrogens with zero attached hydrogens (tertiary/aromatic N) is 1. The molecule has 48 valence electrons. The zero-order valence-electron chi connectivity index (χ0n) is 6.08. The van der Waals surface area contributed by atoms with Gasteiger partial charge < -0.3 is 0 Å². The number of pyridine rings is 1. The molecule has 0 aliphatic carbocycles. The van der Waals surface area contributed by atoms with Crippen LogP contribution in [-0.4, -0.2) is 4.98 Å². The Morgan fingerprint density at radius 3 is 3.22 bits per heavy atom. The summed E-state index contributed by atoms with van der Waals surface area (Å²) in [5.41, 5.74) is 0. The van der Waals surface area contributed by atoms with E-state index in [2.05, 4.69) is 4.98 Å². The Kier molecular flexibility index (Phi) is 1.50. The van der Waals surface area contributed by atoms with E-state index in [-0.39, 0.29) is 14.8 Å². The first kappa shape index (κ1) is 4.85. The van der Waals surface area contributed by atoms with Crippen molar-refractivity contribution < 1.29 is 7.13 Å². The normalized spacial score (nSPS) is 12.8. The van der Waals surface area contributed by atoms with Gasteiger partial charge in [-0.15, -0.1) is 0 Å². The third kappa shape index (κ3) is 1.76. The van der Waals surface area contributed by atoms with Gasteiger partial charge in [0, 0.05) is 0 Å². The van der Waals surface area contributed by atoms with Crippen molar-refractivity contribution in [3.05, 3.63) is 26.8 Å². The Hall–Kier alpha value is 0.1000. The van der Waals surface area contributed by atoms with Crippen LogP contribution in [0.1, 0.15) is 2.74 Å². The average molecular weight is 259 g/mol. The molecule has 1 rings (SSSR count). The van der Waals surface area contributed by atoms with E-state index >= 15 is 0 Å². The maximum Gasteiger partial charge on any atom is 0.154 e. The minimum Gasteiger partial charge on any atom is -0.241 e. The van der Waals surface area contributed by atoms with Crippen molar-refractivity contribution in [2.24, 2.45) is 0 Å².